The Morgan fingerprint density at radius 1 is 1.17 bits per heavy atom. The second-order valence-corrected chi connectivity index (χ2v) is 6.48. The quantitative estimate of drug-likeness (QED) is 0.387. The molecule has 2 heterocycles. The Balaban J connectivity index is 1.42. The van der Waals surface area contributed by atoms with Crippen LogP contribution < -0.4 is 16.0 Å². The summed E-state index contributed by atoms with van der Waals surface area (Å²) in [7, 11) is 0. The molecule has 0 bridgehead atoms. The summed E-state index contributed by atoms with van der Waals surface area (Å²) in [5.74, 6) is -0.857. The van der Waals surface area contributed by atoms with Gasteiger partial charge < -0.3 is 21.1 Å². The summed E-state index contributed by atoms with van der Waals surface area (Å²) >= 11 is 0. The Kier molecular flexibility index (Phi) is 4.86. The van der Waals surface area contributed by atoms with Gasteiger partial charge in [0, 0.05) is 18.6 Å². The van der Waals surface area contributed by atoms with E-state index in [1.54, 1.807) is 0 Å². The van der Waals surface area contributed by atoms with E-state index in [1.165, 1.54) is 25.7 Å². The van der Waals surface area contributed by atoms with Crippen molar-refractivity contribution < 1.29 is 19.5 Å². The third-order valence-corrected chi connectivity index (χ3v) is 4.73. The van der Waals surface area contributed by atoms with E-state index in [0.717, 1.165) is 10.9 Å². The van der Waals surface area contributed by atoms with Crippen LogP contribution in [0.5, 0.6) is 0 Å². The first kappa shape index (κ1) is 16.5. The first-order chi connectivity index (χ1) is 11.5. The number of carboxylic acid groups (broad SMARTS) is 1. The van der Waals surface area contributed by atoms with Crippen molar-refractivity contribution in [2.45, 2.75) is 56.7 Å². The third kappa shape index (κ3) is 3.60. The number of urea groups is 1. The number of carbonyl (C=O) groups excluding carboxylic acids is 2. The fourth-order valence-electron chi connectivity index (χ4n) is 3.50. The van der Waals surface area contributed by atoms with Crippen molar-refractivity contribution in [3.8, 4) is 0 Å². The van der Waals surface area contributed by atoms with Crippen LogP contribution in [-0.4, -0.2) is 65.1 Å². The van der Waals surface area contributed by atoms with E-state index in [1.807, 2.05) is 0 Å². The maximum atomic E-state index is 12.0. The van der Waals surface area contributed by atoms with Gasteiger partial charge in [0.05, 0.1) is 0 Å². The number of nitrogens with one attached hydrogen (secondary N) is 3. The van der Waals surface area contributed by atoms with Crippen LogP contribution in [0.25, 0.3) is 0 Å². The highest BCUT2D eigenvalue weighted by molar-refractivity contribution is 6.05. The molecule has 4 N–H and O–H groups in total. The van der Waals surface area contributed by atoms with E-state index < -0.39 is 30.5 Å². The minimum absolute atomic E-state index is 0.449. The summed E-state index contributed by atoms with van der Waals surface area (Å²) in [6.07, 6.45) is 5.92. The van der Waals surface area contributed by atoms with Gasteiger partial charge in [-0.3, -0.25) is 19.5 Å². The molecule has 3 amide bonds. The van der Waals surface area contributed by atoms with Crippen LogP contribution in [0.3, 0.4) is 0 Å². The molecular weight excluding hydrogens is 314 g/mol. The summed E-state index contributed by atoms with van der Waals surface area (Å²) in [6.45, 7) is -0.0482. The fourth-order valence-corrected chi connectivity index (χ4v) is 3.50. The Morgan fingerprint density at radius 3 is 2.46 bits per heavy atom. The van der Waals surface area contributed by atoms with Crippen molar-refractivity contribution in [1.82, 2.24) is 20.9 Å². The largest absolute Gasteiger partial charge is 0.480 e. The van der Waals surface area contributed by atoms with Crippen molar-refractivity contribution in [3.63, 3.8) is 0 Å². The van der Waals surface area contributed by atoms with E-state index in [2.05, 4.69) is 20.9 Å². The first-order valence-corrected chi connectivity index (χ1v) is 8.46. The van der Waals surface area contributed by atoms with Gasteiger partial charge in [0.1, 0.15) is 12.6 Å². The number of carboxylic acids is 1. The van der Waals surface area contributed by atoms with Gasteiger partial charge in [0.2, 0.25) is 0 Å². The van der Waals surface area contributed by atoms with Gasteiger partial charge in [-0.05, 0) is 25.7 Å². The number of amides is 3. The smallest absolute Gasteiger partial charge is 0.325 e. The predicted molar refractivity (Wildman–Crippen MR) is 85.5 cm³/mol. The molecule has 3 unspecified atom stereocenters. The van der Waals surface area contributed by atoms with Gasteiger partial charge in [-0.1, -0.05) is 12.8 Å². The normalized spacial score (nSPS) is 28.9. The zero-order valence-corrected chi connectivity index (χ0v) is 13.5. The van der Waals surface area contributed by atoms with Gasteiger partial charge in [0.25, 0.3) is 5.91 Å². The van der Waals surface area contributed by atoms with Crippen molar-refractivity contribution in [1.29, 1.82) is 0 Å². The number of rotatable bonds is 6. The number of hydrogen-bond donors (Lipinski definition) is 4. The summed E-state index contributed by atoms with van der Waals surface area (Å²) in [5, 5.41) is 18.0. The van der Waals surface area contributed by atoms with Crippen molar-refractivity contribution in [3.05, 3.63) is 0 Å². The zero-order chi connectivity index (χ0) is 17.1. The van der Waals surface area contributed by atoms with Crippen LogP contribution in [0.2, 0.25) is 0 Å². The van der Waals surface area contributed by atoms with Crippen LogP contribution in [-0.2, 0) is 9.59 Å². The third-order valence-electron chi connectivity index (χ3n) is 4.73. The first-order valence-electron chi connectivity index (χ1n) is 8.46. The molecule has 9 nitrogen and oxygen atoms in total. The summed E-state index contributed by atoms with van der Waals surface area (Å²) in [6, 6.07) is -0.346. The lowest BCUT2D eigenvalue weighted by molar-refractivity contribution is -0.141. The van der Waals surface area contributed by atoms with Crippen LogP contribution in [0.4, 0.5) is 4.79 Å². The molecule has 0 aromatic heterocycles. The Labute approximate surface area is 139 Å². The lowest BCUT2D eigenvalue weighted by Crippen LogP contribution is -2.36. The highest BCUT2D eigenvalue weighted by Gasteiger charge is 2.38. The number of aliphatic imine (C=N–C) groups is 1. The predicted octanol–water partition coefficient (Wildman–Crippen LogP) is -0.368. The van der Waals surface area contributed by atoms with Gasteiger partial charge in [-0.2, -0.15) is 0 Å². The van der Waals surface area contributed by atoms with E-state index in [4.69, 9.17) is 5.11 Å². The van der Waals surface area contributed by atoms with E-state index in [0.29, 0.717) is 31.5 Å². The molecule has 3 rings (SSSR count). The second-order valence-electron chi connectivity index (χ2n) is 6.48. The van der Waals surface area contributed by atoms with Gasteiger partial charge >= 0.3 is 12.0 Å². The molecule has 1 aliphatic carbocycles. The Bertz CT molecular complexity index is 548. The van der Waals surface area contributed by atoms with Gasteiger partial charge in [-0.25, -0.2) is 4.79 Å². The highest BCUT2D eigenvalue weighted by atomic mass is 16.4. The molecule has 2 aliphatic heterocycles. The lowest BCUT2D eigenvalue weighted by atomic mass is 9.92. The average Bonchev–Trinajstić information content (AvgIpc) is 3.07. The monoisotopic (exact) mass is 337 g/mol. The molecule has 9 heteroatoms. The number of imide groups is 1. The lowest BCUT2D eigenvalue weighted by Gasteiger charge is -2.23. The molecular formula is C15H23N5O4. The maximum absolute atomic E-state index is 12.0. The fraction of sp³-hybridized carbons (Fsp3) is 0.733. The summed E-state index contributed by atoms with van der Waals surface area (Å²) in [5.41, 5.74) is 0. The van der Waals surface area contributed by atoms with Crippen LogP contribution >= 0.6 is 0 Å². The highest BCUT2D eigenvalue weighted by Crippen LogP contribution is 2.21. The molecule has 0 spiro atoms. The van der Waals surface area contributed by atoms with Crippen molar-refractivity contribution in [2.24, 2.45) is 4.99 Å². The standard InChI is InChI=1S/C15H23N5O4/c21-12(22)8-20-13(23)11(19-15(20)24)6-3-7-16-14-17-9-4-1-2-5-10(9)18-14/h9-11H,1-8H2,(H,19,24)(H,21,22)(H2,16,17,18). The molecule has 3 aliphatic rings. The topological polar surface area (TPSA) is 123 Å². The van der Waals surface area contributed by atoms with Crippen LogP contribution in [0.1, 0.15) is 38.5 Å². The molecule has 24 heavy (non-hydrogen) atoms. The number of guanidine groups is 1. The van der Waals surface area contributed by atoms with Crippen LogP contribution in [0.15, 0.2) is 4.99 Å². The molecule has 3 fully saturated rings. The molecule has 3 atom stereocenters. The molecule has 1 saturated carbocycles. The number of hydrogen-bond acceptors (Lipinski definition) is 4. The molecule has 132 valence electrons. The number of nitrogens with zero attached hydrogens (tertiary/aromatic N) is 2. The zero-order valence-electron chi connectivity index (χ0n) is 13.5. The van der Waals surface area contributed by atoms with Crippen molar-refractivity contribution >= 4 is 23.9 Å². The number of fused-ring (bicyclic) bond motifs is 1. The molecule has 0 radical (unpaired) electrons. The van der Waals surface area contributed by atoms with Crippen LogP contribution in [0, 0.1) is 0 Å². The van der Waals surface area contributed by atoms with Gasteiger partial charge in [-0.15, -0.1) is 0 Å². The number of carbonyl (C=O) groups is 3. The van der Waals surface area contributed by atoms with E-state index in [-0.39, 0.29) is 0 Å². The second kappa shape index (κ2) is 7.06. The van der Waals surface area contributed by atoms with E-state index in [9.17, 15) is 14.4 Å². The van der Waals surface area contributed by atoms with Gasteiger partial charge in [0.15, 0.2) is 5.96 Å². The number of aliphatic carboxylic acids is 1. The molecule has 0 aromatic rings. The maximum Gasteiger partial charge on any atom is 0.325 e. The molecule has 2 saturated heterocycles. The SMILES string of the molecule is O=C(O)CN1C(=O)NC(CCCN=C2NC3CCCCC3N2)C1=O. The van der Waals surface area contributed by atoms with E-state index >= 15 is 0 Å². The average molecular weight is 337 g/mol. The van der Waals surface area contributed by atoms with Crippen molar-refractivity contribution in [2.75, 3.05) is 13.1 Å². The summed E-state index contributed by atoms with van der Waals surface area (Å²) in [4.78, 5) is 39.5. The minimum atomic E-state index is -1.20. The summed E-state index contributed by atoms with van der Waals surface area (Å²) < 4.78 is 0. The molecule has 0 aromatic carbocycles. The Morgan fingerprint density at radius 2 is 1.83 bits per heavy atom. The minimum Gasteiger partial charge on any atom is -0.480 e. The Hall–Kier alpha value is -2.32.